The number of anilines is 1. The van der Waals surface area contributed by atoms with Crippen molar-refractivity contribution in [3.05, 3.63) is 66.0 Å². The summed E-state index contributed by atoms with van der Waals surface area (Å²) in [5, 5.41) is 7.34. The van der Waals surface area contributed by atoms with Crippen molar-refractivity contribution in [2.24, 2.45) is 0 Å². The number of nitrogens with zero attached hydrogens (tertiary/aromatic N) is 2. The van der Waals surface area contributed by atoms with Gasteiger partial charge in [0.2, 0.25) is 5.91 Å². The first-order valence-corrected chi connectivity index (χ1v) is 9.08. The molecule has 5 nitrogen and oxygen atoms in total. The number of fused-ring (bicyclic) bond motifs is 1. The van der Waals surface area contributed by atoms with Crippen molar-refractivity contribution in [1.82, 2.24) is 15.3 Å². The molecule has 1 amide bonds. The number of hydrogen-bond acceptors (Lipinski definition) is 4. The predicted octanol–water partition coefficient (Wildman–Crippen LogP) is 3.28. The maximum absolute atomic E-state index is 12.3. The van der Waals surface area contributed by atoms with Crippen molar-refractivity contribution < 1.29 is 4.79 Å². The van der Waals surface area contributed by atoms with Crippen LogP contribution in [0.2, 0.25) is 0 Å². The van der Waals surface area contributed by atoms with Crippen molar-refractivity contribution >= 4 is 22.6 Å². The monoisotopic (exact) mass is 346 g/mol. The van der Waals surface area contributed by atoms with Crippen molar-refractivity contribution in [3.63, 3.8) is 0 Å². The number of benzene rings is 1. The van der Waals surface area contributed by atoms with Gasteiger partial charge in [-0.05, 0) is 61.2 Å². The lowest BCUT2D eigenvalue weighted by Gasteiger charge is -2.22. The summed E-state index contributed by atoms with van der Waals surface area (Å²) < 4.78 is 0. The molecule has 0 saturated carbocycles. The highest BCUT2D eigenvalue weighted by atomic mass is 16.1. The Morgan fingerprint density at radius 3 is 2.81 bits per heavy atom. The van der Waals surface area contributed by atoms with Crippen LogP contribution in [0, 0.1) is 0 Å². The number of hydrogen-bond donors (Lipinski definition) is 2. The minimum atomic E-state index is -0.0672. The van der Waals surface area contributed by atoms with Crippen LogP contribution in [0.4, 0.5) is 5.82 Å². The average Bonchev–Trinajstić information content (AvgIpc) is 2.69. The number of amides is 1. The molecule has 0 unspecified atom stereocenters. The smallest absolute Gasteiger partial charge is 0.229 e. The Hall–Kier alpha value is -2.79. The normalized spacial score (nSPS) is 15.1. The van der Waals surface area contributed by atoms with Crippen LogP contribution in [-0.4, -0.2) is 29.0 Å². The van der Waals surface area contributed by atoms with Gasteiger partial charge in [0, 0.05) is 17.8 Å². The van der Waals surface area contributed by atoms with Crippen LogP contribution in [0.1, 0.15) is 29.9 Å². The molecule has 1 aromatic carbocycles. The lowest BCUT2D eigenvalue weighted by molar-refractivity contribution is -0.115. The van der Waals surface area contributed by atoms with E-state index >= 15 is 0 Å². The minimum Gasteiger partial charge on any atom is -0.317 e. The Morgan fingerprint density at radius 2 is 2.00 bits per heavy atom. The fraction of sp³-hybridized carbons (Fsp3) is 0.286. The van der Waals surface area contributed by atoms with Crippen molar-refractivity contribution in [3.8, 4) is 0 Å². The maximum atomic E-state index is 12.3. The molecular weight excluding hydrogens is 324 g/mol. The number of piperidine rings is 1. The van der Waals surface area contributed by atoms with E-state index in [1.165, 1.54) is 5.56 Å². The number of nitrogens with one attached hydrogen (secondary N) is 2. The molecule has 1 fully saturated rings. The van der Waals surface area contributed by atoms with Gasteiger partial charge in [-0.1, -0.05) is 24.3 Å². The molecule has 0 bridgehead atoms. The Morgan fingerprint density at radius 1 is 1.12 bits per heavy atom. The highest BCUT2D eigenvalue weighted by molar-refractivity contribution is 5.92. The lowest BCUT2D eigenvalue weighted by atomic mass is 9.91. The van der Waals surface area contributed by atoms with E-state index in [0.717, 1.165) is 42.4 Å². The van der Waals surface area contributed by atoms with Gasteiger partial charge in [0.1, 0.15) is 5.82 Å². The quantitative estimate of drug-likeness (QED) is 0.761. The van der Waals surface area contributed by atoms with E-state index in [-0.39, 0.29) is 5.91 Å². The van der Waals surface area contributed by atoms with E-state index in [2.05, 4.69) is 26.7 Å². The molecule has 132 valence electrons. The van der Waals surface area contributed by atoms with Crippen LogP contribution in [0.25, 0.3) is 10.9 Å². The van der Waals surface area contributed by atoms with Gasteiger partial charge in [0.25, 0.3) is 0 Å². The van der Waals surface area contributed by atoms with E-state index in [0.29, 0.717) is 18.2 Å². The Bertz CT molecular complexity index is 901. The molecular formula is C21H22N4O. The molecule has 5 heteroatoms. The number of carbonyl (C=O) groups is 1. The molecule has 2 N–H and O–H groups in total. The molecule has 0 aliphatic carbocycles. The zero-order chi connectivity index (χ0) is 17.8. The Kier molecular flexibility index (Phi) is 4.88. The SMILES string of the molecule is O=C(Cc1ccc2cccnc2c1)Nc1ccc(C2CCNCC2)cn1. The number of pyridine rings is 2. The van der Waals surface area contributed by atoms with E-state index in [1.807, 2.05) is 42.6 Å². The summed E-state index contributed by atoms with van der Waals surface area (Å²) >= 11 is 0. The molecule has 26 heavy (non-hydrogen) atoms. The molecule has 1 saturated heterocycles. The van der Waals surface area contributed by atoms with Crippen LogP contribution in [0.5, 0.6) is 0 Å². The summed E-state index contributed by atoms with van der Waals surface area (Å²) in [4.78, 5) is 21.1. The third kappa shape index (κ3) is 3.89. The van der Waals surface area contributed by atoms with Crippen LogP contribution in [0.3, 0.4) is 0 Å². The summed E-state index contributed by atoms with van der Waals surface area (Å²) in [5.41, 5.74) is 3.10. The van der Waals surface area contributed by atoms with Crippen LogP contribution >= 0.6 is 0 Å². The van der Waals surface area contributed by atoms with Gasteiger partial charge in [-0.3, -0.25) is 9.78 Å². The van der Waals surface area contributed by atoms with Gasteiger partial charge in [0.05, 0.1) is 11.9 Å². The molecule has 2 aromatic heterocycles. The van der Waals surface area contributed by atoms with Gasteiger partial charge < -0.3 is 10.6 Å². The molecule has 1 aliphatic heterocycles. The average molecular weight is 346 g/mol. The third-order valence-electron chi connectivity index (χ3n) is 4.90. The van der Waals surface area contributed by atoms with Crippen LogP contribution < -0.4 is 10.6 Å². The maximum Gasteiger partial charge on any atom is 0.229 e. The zero-order valence-electron chi connectivity index (χ0n) is 14.6. The second-order valence-electron chi connectivity index (χ2n) is 6.76. The van der Waals surface area contributed by atoms with Crippen LogP contribution in [-0.2, 0) is 11.2 Å². The highest BCUT2D eigenvalue weighted by Gasteiger charge is 2.15. The summed E-state index contributed by atoms with van der Waals surface area (Å²) in [5.74, 6) is 1.10. The highest BCUT2D eigenvalue weighted by Crippen LogP contribution is 2.25. The van der Waals surface area contributed by atoms with Gasteiger partial charge in [-0.15, -0.1) is 0 Å². The fourth-order valence-electron chi connectivity index (χ4n) is 3.47. The molecule has 1 aliphatic rings. The topological polar surface area (TPSA) is 66.9 Å². The molecule has 4 rings (SSSR count). The minimum absolute atomic E-state index is 0.0672. The lowest BCUT2D eigenvalue weighted by Crippen LogP contribution is -2.26. The van der Waals surface area contributed by atoms with Crippen LogP contribution in [0.15, 0.2) is 54.9 Å². The third-order valence-corrected chi connectivity index (χ3v) is 4.90. The first-order valence-electron chi connectivity index (χ1n) is 9.08. The first-order chi connectivity index (χ1) is 12.8. The molecule has 3 aromatic rings. The second kappa shape index (κ2) is 7.62. The number of aromatic nitrogens is 2. The fourth-order valence-corrected chi connectivity index (χ4v) is 3.47. The van der Waals surface area contributed by atoms with E-state index in [1.54, 1.807) is 6.20 Å². The second-order valence-corrected chi connectivity index (χ2v) is 6.76. The summed E-state index contributed by atoms with van der Waals surface area (Å²) in [6.45, 7) is 2.12. The van der Waals surface area contributed by atoms with Crippen molar-refractivity contribution in [1.29, 1.82) is 0 Å². The number of carbonyl (C=O) groups excluding carboxylic acids is 1. The van der Waals surface area contributed by atoms with Crippen molar-refractivity contribution in [2.45, 2.75) is 25.2 Å². The molecule has 0 spiro atoms. The Balaban J connectivity index is 1.39. The largest absolute Gasteiger partial charge is 0.317 e. The molecule has 3 heterocycles. The van der Waals surface area contributed by atoms with E-state index in [9.17, 15) is 4.79 Å². The van der Waals surface area contributed by atoms with Crippen molar-refractivity contribution in [2.75, 3.05) is 18.4 Å². The first kappa shape index (κ1) is 16.7. The summed E-state index contributed by atoms with van der Waals surface area (Å²) in [6, 6.07) is 13.8. The summed E-state index contributed by atoms with van der Waals surface area (Å²) in [6.07, 6.45) is 6.25. The van der Waals surface area contributed by atoms with Gasteiger partial charge in [-0.2, -0.15) is 0 Å². The Labute approximate surface area is 152 Å². The van der Waals surface area contributed by atoms with Gasteiger partial charge >= 0.3 is 0 Å². The molecule has 0 atom stereocenters. The summed E-state index contributed by atoms with van der Waals surface area (Å²) in [7, 11) is 0. The van der Waals surface area contributed by atoms with E-state index in [4.69, 9.17) is 0 Å². The number of rotatable bonds is 4. The van der Waals surface area contributed by atoms with Gasteiger partial charge in [0.15, 0.2) is 0 Å². The standard InChI is InChI=1S/C21H22N4O/c26-21(13-15-3-4-17-2-1-9-23-19(17)12-15)25-20-6-5-18(14-24-20)16-7-10-22-11-8-16/h1-6,9,12,14,16,22H,7-8,10-11,13H2,(H,24,25,26). The zero-order valence-corrected chi connectivity index (χ0v) is 14.6. The predicted molar refractivity (Wildman–Crippen MR) is 103 cm³/mol. The molecule has 0 radical (unpaired) electrons. The van der Waals surface area contributed by atoms with E-state index < -0.39 is 0 Å². The van der Waals surface area contributed by atoms with Gasteiger partial charge in [-0.25, -0.2) is 4.98 Å².